The summed E-state index contributed by atoms with van der Waals surface area (Å²) >= 11 is 0. The zero-order valence-corrected chi connectivity index (χ0v) is 11.2. The molecule has 4 nitrogen and oxygen atoms in total. The molecule has 4 heteroatoms. The first kappa shape index (κ1) is 13.7. The van der Waals surface area contributed by atoms with Gasteiger partial charge in [0.15, 0.2) is 5.78 Å². The fourth-order valence-corrected chi connectivity index (χ4v) is 2.59. The average molecular weight is 260 g/mol. The first-order chi connectivity index (χ1) is 9.06. The Morgan fingerprint density at radius 1 is 1.37 bits per heavy atom. The van der Waals surface area contributed by atoms with Gasteiger partial charge in [0, 0.05) is 23.7 Å². The lowest BCUT2D eigenvalue weighted by molar-refractivity contribution is -0.117. The number of nitrogens with two attached hydrogens (primary N) is 1. The van der Waals surface area contributed by atoms with E-state index in [0.717, 1.165) is 19.3 Å². The van der Waals surface area contributed by atoms with E-state index in [1.54, 1.807) is 24.3 Å². The van der Waals surface area contributed by atoms with Crippen molar-refractivity contribution in [2.24, 2.45) is 11.7 Å². The van der Waals surface area contributed by atoms with Crippen LogP contribution in [0.2, 0.25) is 0 Å². The van der Waals surface area contributed by atoms with Crippen LogP contribution in [-0.4, -0.2) is 17.7 Å². The summed E-state index contributed by atoms with van der Waals surface area (Å²) in [6.07, 6.45) is 3.62. The quantitative estimate of drug-likeness (QED) is 0.816. The third kappa shape index (κ3) is 3.64. The molecular weight excluding hydrogens is 240 g/mol. The van der Waals surface area contributed by atoms with Gasteiger partial charge in [-0.05, 0) is 37.8 Å². The van der Waals surface area contributed by atoms with Crippen LogP contribution in [0.4, 0.5) is 5.69 Å². The van der Waals surface area contributed by atoms with Gasteiger partial charge in [0.2, 0.25) is 5.91 Å². The minimum absolute atomic E-state index is 0.00564. The molecule has 0 saturated heterocycles. The number of carbonyl (C=O) groups is 2. The lowest BCUT2D eigenvalue weighted by atomic mass is 10.00. The number of ketones is 1. The molecular formula is C15H20N2O2. The van der Waals surface area contributed by atoms with E-state index < -0.39 is 0 Å². The highest BCUT2D eigenvalue weighted by Gasteiger charge is 2.25. The lowest BCUT2D eigenvalue weighted by Crippen LogP contribution is -2.28. The maximum Gasteiger partial charge on any atom is 0.224 e. The third-order valence-corrected chi connectivity index (χ3v) is 3.72. The molecule has 1 aliphatic carbocycles. The molecule has 3 N–H and O–H groups in total. The Labute approximate surface area is 113 Å². The van der Waals surface area contributed by atoms with E-state index in [1.165, 1.54) is 6.92 Å². The Balaban J connectivity index is 1.95. The van der Waals surface area contributed by atoms with E-state index in [9.17, 15) is 9.59 Å². The van der Waals surface area contributed by atoms with Gasteiger partial charge in [0.1, 0.15) is 0 Å². The minimum Gasteiger partial charge on any atom is -0.327 e. The number of rotatable bonds is 4. The van der Waals surface area contributed by atoms with E-state index in [2.05, 4.69) is 5.32 Å². The van der Waals surface area contributed by atoms with Gasteiger partial charge in [0.25, 0.3) is 0 Å². The van der Waals surface area contributed by atoms with Crippen molar-refractivity contribution in [3.8, 4) is 0 Å². The van der Waals surface area contributed by atoms with Gasteiger partial charge in [-0.2, -0.15) is 0 Å². The molecule has 102 valence electrons. The normalized spacial score (nSPS) is 22.2. The Hall–Kier alpha value is -1.68. The van der Waals surface area contributed by atoms with Crippen molar-refractivity contribution >= 4 is 17.4 Å². The summed E-state index contributed by atoms with van der Waals surface area (Å²) in [5.41, 5.74) is 7.24. The van der Waals surface area contributed by atoms with Crippen LogP contribution in [0.3, 0.4) is 0 Å². The maximum atomic E-state index is 11.9. The van der Waals surface area contributed by atoms with Crippen LogP contribution in [0.5, 0.6) is 0 Å². The molecule has 1 aromatic rings. The summed E-state index contributed by atoms with van der Waals surface area (Å²) in [4.78, 5) is 23.2. The van der Waals surface area contributed by atoms with Gasteiger partial charge in [-0.1, -0.05) is 18.6 Å². The van der Waals surface area contributed by atoms with Gasteiger partial charge in [-0.3, -0.25) is 9.59 Å². The first-order valence-electron chi connectivity index (χ1n) is 6.72. The predicted octanol–water partition coefficient (Wildman–Crippen LogP) is 2.35. The summed E-state index contributed by atoms with van der Waals surface area (Å²) < 4.78 is 0. The van der Waals surface area contributed by atoms with Gasteiger partial charge >= 0.3 is 0 Å². The number of anilines is 1. The van der Waals surface area contributed by atoms with Crippen LogP contribution in [0, 0.1) is 5.92 Å². The van der Waals surface area contributed by atoms with E-state index >= 15 is 0 Å². The van der Waals surface area contributed by atoms with Crippen molar-refractivity contribution in [2.75, 3.05) is 5.32 Å². The fourth-order valence-electron chi connectivity index (χ4n) is 2.59. The van der Waals surface area contributed by atoms with Crippen LogP contribution in [0.15, 0.2) is 24.3 Å². The molecule has 0 radical (unpaired) electrons. The highest BCUT2D eigenvalue weighted by atomic mass is 16.1. The number of nitrogens with one attached hydrogen (secondary N) is 1. The van der Waals surface area contributed by atoms with Crippen molar-refractivity contribution in [1.82, 2.24) is 0 Å². The third-order valence-electron chi connectivity index (χ3n) is 3.72. The molecule has 1 saturated carbocycles. The number of Topliss-reactive ketones (excluding diaryl/α,β-unsaturated/α-hetero) is 1. The van der Waals surface area contributed by atoms with Crippen molar-refractivity contribution in [1.29, 1.82) is 0 Å². The number of amides is 1. The molecule has 1 amide bonds. The van der Waals surface area contributed by atoms with Crippen LogP contribution in [-0.2, 0) is 4.79 Å². The molecule has 0 heterocycles. The Morgan fingerprint density at radius 2 is 2.16 bits per heavy atom. The summed E-state index contributed by atoms with van der Waals surface area (Å²) in [6, 6.07) is 7.15. The zero-order valence-electron chi connectivity index (χ0n) is 11.2. The van der Waals surface area contributed by atoms with E-state index in [0.29, 0.717) is 17.7 Å². The Kier molecular flexibility index (Phi) is 4.32. The second-order valence-electron chi connectivity index (χ2n) is 5.24. The molecule has 0 aliphatic heterocycles. The van der Waals surface area contributed by atoms with Gasteiger partial charge in [-0.15, -0.1) is 0 Å². The SMILES string of the molecule is CC(=O)c1cccc(NC(=O)C[C@@H]2CCC[C@H]2N)c1. The predicted molar refractivity (Wildman–Crippen MR) is 75.0 cm³/mol. The highest BCUT2D eigenvalue weighted by Crippen LogP contribution is 2.27. The molecule has 0 spiro atoms. The highest BCUT2D eigenvalue weighted by molar-refractivity contribution is 5.97. The molecule has 1 aromatic carbocycles. The number of benzene rings is 1. The standard InChI is InChI=1S/C15H20N2O2/c1-10(18)11-4-2-6-13(8-11)17-15(19)9-12-5-3-7-14(12)16/h2,4,6,8,12,14H,3,5,7,9,16H2,1H3,(H,17,19)/t12-,14+/m0/s1. The molecule has 1 fully saturated rings. The topological polar surface area (TPSA) is 72.2 Å². The summed E-state index contributed by atoms with van der Waals surface area (Å²) in [5.74, 6) is 0.257. The van der Waals surface area contributed by atoms with Gasteiger partial charge < -0.3 is 11.1 Å². The first-order valence-corrected chi connectivity index (χ1v) is 6.72. The van der Waals surface area contributed by atoms with Crippen LogP contribution in [0.1, 0.15) is 43.0 Å². The molecule has 2 atom stereocenters. The molecule has 2 rings (SSSR count). The van der Waals surface area contributed by atoms with E-state index in [4.69, 9.17) is 5.73 Å². The minimum atomic E-state index is -0.0250. The van der Waals surface area contributed by atoms with Crippen LogP contribution >= 0.6 is 0 Å². The fraction of sp³-hybridized carbons (Fsp3) is 0.467. The van der Waals surface area contributed by atoms with Crippen LogP contribution in [0.25, 0.3) is 0 Å². The number of carbonyl (C=O) groups excluding carboxylic acids is 2. The van der Waals surface area contributed by atoms with Gasteiger partial charge in [-0.25, -0.2) is 0 Å². The second-order valence-corrected chi connectivity index (χ2v) is 5.24. The molecule has 1 aliphatic rings. The van der Waals surface area contributed by atoms with Gasteiger partial charge in [0.05, 0.1) is 0 Å². The van der Waals surface area contributed by atoms with Crippen molar-refractivity contribution in [2.45, 2.75) is 38.6 Å². The second kappa shape index (κ2) is 5.97. The van der Waals surface area contributed by atoms with E-state index in [-0.39, 0.29) is 23.7 Å². The van der Waals surface area contributed by atoms with Crippen molar-refractivity contribution in [3.05, 3.63) is 29.8 Å². The monoisotopic (exact) mass is 260 g/mol. The van der Waals surface area contributed by atoms with E-state index in [1.807, 2.05) is 0 Å². The Morgan fingerprint density at radius 3 is 2.79 bits per heavy atom. The maximum absolute atomic E-state index is 11.9. The van der Waals surface area contributed by atoms with Crippen LogP contribution < -0.4 is 11.1 Å². The average Bonchev–Trinajstić information content (AvgIpc) is 2.75. The zero-order chi connectivity index (χ0) is 13.8. The van der Waals surface area contributed by atoms with Crippen molar-refractivity contribution < 1.29 is 9.59 Å². The molecule has 19 heavy (non-hydrogen) atoms. The number of hydrogen-bond acceptors (Lipinski definition) is 3. The largest absolute Gasteiger partial charge is 0.327 e. The Bertz CT molecular complexity index is 485. The summed E-state index contributed by atoms with van der Waals surface area (Å²) in [6.45, 7) is 1.51. The lowest BCUT2D eigenvalue weighted by Gasteiger charge is -2.14. The number of hydrogen-bond donors (Lipinski definition) is 2. The molecule has 0 aromatic heterocycles. The smallest absolute Gasteiger partial charge is 0.224 e. The van der Waals surface area contributed by atoms with Crippen molar-refractivity contribution in [3.63, 3.8) is 0 Å². The summed E-state index contributed by atoms with van der Waals surface area (Å²) in [5, 5.41) is 2.84. The summed E-state index contributed by atoms with van der Waals surface area (Å²) in [7, 11) is 0. The molecule has 0 unspecified atom stereocenters. The molecule has 0 bridgehead atoms.